The van der Waals surface area contributed by atoms with Crippen molar-refractivity contribution >= 4 is 11.8 Å². The van der Waals surface area contributed by atoms with Crippen molar-refractivity contribution in [3.8, 4) is 0 Å². The molecule has 0 radical (unpaired) electrons. The van der Waals surface area contributed by atoms with E-state index >= 15 is 0 Å². The number of amides is 2. The van der Waals surface area contributed by atoms with E-state index in [1.54, 1.807) is 0 Å². The maximum Gasteiger partial charge on any atom is 0.225 e. The van der Waals surface area contributed by atoms with Gasteiger partial charge in [0.1, 0.15) is 0 Å². The number of piperidine rings is 2. The third kappa shape index (κ3) is 4.92. The highest BCUT2D eigenvalue weighted by molar-refractivity contribution is 5.81. The molecule has 0 saturated carbocycles. The molecule has 0 spiro atoms. The van der Waals surface area contributed by atoms with Crippen molar-refractivity contribution in [3.63, 3.8) is 0 Å². The van der Waals surface area contributed by atoms with E-state index in [9.17, 15) is 9.59 Å². The Kier molecular flexibility index (Phi) is 6.83. The molecule has 158 valence electrons. The molecule has 0 unspecified atom stereocenters. The molecule has 2 aliphatic heterocycles. The summed E-state index contributed by atoms with van der Waals surface area (Å²) in [5.74, 6) is 0.656. The molecule has 0 bridgehead atoms. The minimum Gasteiger partial charge on any atom is -0.343 e. The number of hydrogen-bond acceptors (Lipinski definition) is 2. The zero-order chi connectivity index (χ0) is 20.8. The average Bonchev–Trinajstić information content (AvgIpc) is 2.83. The monoisotopic (exact) mass is 404 g/mol. The lowest BCUT2D eigenvalue weighted by Crippen LogP contribution is -2.45. The summed E-state index contributed by atoms with van der Waals surface area (Å²) in [6, 6.07) is 20.6. The summed E-state index contributed by atoms with van der Waals surface area (Å²) in [6.45, 7) is 3.21. The highest BCUT2D eigenvalue weighted by atomic mass is 16.2. The first-order chi connectivity index (χ1) is 14.7. The van der Waals surface area contributed by atoms with Gasteiger partial charge in [0.2, 0.25) is 11.8 Å². The summed E-state index contributed by atoms with van der Waals surface area (Å²) in [5, 5.41) is 0. The Morgan fingerprint density at radius 2 is 1.27 bits per heavy atom. The smallest absolute Gasteiger partial charge is 0.225 e. The lowest BCUT2D eigenvalue weighted by atomic mass is 9.87. The molecule has 2 aromatic rings. The van der Waals surface area contributed by atoms with Gasteiger partial charge in [-0.15, -0.1) is 0 Å². The van der Waals surface area contributed by atoms with Crippen LogP contribution in [0.5, 0.6) is 0 Å². The van der Waals surface area contributed by atoms with Crippen LogP contribution < -0.4 is 0 Å². The van der Waals surface area contributed by atoms with Crippen molar-refractivity contribution in [2.24, 2.45) is 5.92 Å². The molecule has 0 aliphatic carbocycles. The van der Waals surface area contributed by atoms with E-state index in [4.69, 9.17) is 0 Å². The zero-order valence-electron chi connectivity index (χ0n) is 17.7. The van der Waals surface area contributed by atoms with Crippen LogP contribution in [0.1, 0.15) is 55.6 Å². The molecular formula is C26H32N2O2. The van der Waals surface area contributed by atoms with Gasteiger partial charge in [-0.25, -0.2) is 0 Å². The normalized spacial score (nSPS) is 17.9. The van der Waals surface area contributed by atoms with Crippen LogP contribution in [0.4, 0.5) is 0 Å². The van der Waals surface area contributed by atoms with Gasteiger partial charge in [0.15, 0.2) is 0 Å². The molecule has 2 fully saturated rings. The summed E-state index contributed by atoms with van der Waals surface area (Å²) >= 11 is 0. The number of nitrogens with zero attached hydrogens (tertiary/aromatic N) is 2. The molecule has 30 heavy (non-hydrogen) atoms. The highest BCUT2D eigenvalue weighted by Crippen LogP contribution is 2.30. The highest BCUT2D eigenvalue weighted by Gasteiger charge is 2.31. The number of benzene rings is 2. The summed E-state index contributed by atoms with van der Waals surface area (Å²) < 4.78 is 0. The topological polar surface area (TPSA) is 40.6 Å². The molecule has 2 saturated heterocycles. The molecular weight excluding hydrogens is 372 g/mol. The summed E-state index contributed by atoms with van der Waals surface area (Å²) in [5.41, 5.74) is 2.35. The first-order valence-electron chi connectivity index (χ1n) is 11.4. The minimum absolute atomic E-state index is 0.0626. The van der Waals surface area contributed by atoms with Crippen LogP contribution in [-0.2, 0) is 9.59 Å². The zero-order valence-corrected chi connectivity index (χ0v) is 17.7. The molecule has 2 aliphatic rings. The number of hydrogen-bond donors (Lipinski definition) is 0. The van der Waals surface area contributed by atoms with E-state index in [0.717, 1.165) is 38.8 Å². The Bertz CT molecular complexity index is 783. The predicted octanol–water partition coefficient (Wildman–Crippen LogP) is 4.46. The van der Waals surface area contributed by atoms with Crippen molar-refractivity contribution in [1.29, 1.82) is 0 Å². The van der Waals surface area contributed by atoms with E-state index < -0.39 is 0 Å². The first kappa shape index (κ1) is 20.6. The number of rotatable bonds is 5. The SMILES string of the molecule is O=C(CC(c1ccccc1)c1ccccc1)N1CCC(C(=O)N2CCCCC2)CC1. The van der Waals surface area contributed by atoms with E-state index in [1.807, 2.05) is 46.2 Å². The molecule has 4 rings (SSSR count). The average molecular weight is 405 g/mol. The van der Waals surface area contributed by atoms with Gasteiger partial charge < -0.3 is 9.80 Å². The van der Waals surface area contributed by atoms with Crippen LogP contribution in [-0.4, -0.2) is 47.8 Å². The third-order valence-electron chi connectivity index (χ3n) is 6.65. The molecule has 2 heterocycles. The van der Waals surface area contributed by atoms with Crippen molar-refractivity contribution in [2.75, 3.05) is 26.2 Å². The van der Waals surface area contributed by atoms with Gasteiger partial charge in [-0.3, -0.25) is 9.59 Å². The van der Waals surface area contributed by atoms with E-state index in [-0.39, 0.29) is 17.7 Å². The van der Waals surface area contributed by atoms with Gasteiger partial charge in [0.25, 0.3) is 0 Å². The quantitative estimate of drug-likeness (QED) is 0.738. The number of likely N-dealkylation sites (tertiary alicyclic amines) is 2. The van der Waals surface area contributed by atoms with Gasteiger partial charge in [-0.1, -0.05) is 60.7 Å². The van der Waals surface area contributed by atoms with Gasteiger partial charge >= 0.3 is 0 Å². The second-order valence-corrected chi connectivity index (χ2v) is 8.62. The lowest BCUT2D eigenvalue weighted by molar-refractivity contribution is -0.141. The number of carbonyl (C=O) groups is 2. The van der Waals surface area contributed by atoms with Crippen molar-refractivity contribution in [3.05, 3.63) is 71.8 Å². The molecule has 0 N–H and O–H groups in total. The Morgan fingerprint density at radius 3 is 1.80 bits per heavy atom. The second-order valence-electron chi connectivity index (χ2n) is 8.62. The van der Waals surface area contributed by atoms with Gasteiger partial charge in [-0.2, -0.15) is 0 Å². The molecule has 2 aromatic carbocycles. The van der Waals surface area contributed by atoms with E-state index in [1.165, 1.54) is 17.5 Å². The molecule has 4 nitrogen and oxygen atoms in total. The van der Waals surface area contributed by atoms with E-state index in [0.29, 0.717) is 25.4 Å². The predicted molar refractivity (Wildman–Crippen MR) is 119 cm³/mol. The standard InChI is InChI=1S/C26H32N2O2/c29-25(20-24(21-10-4-1-5-11-21)22-12-6-2-7-13-22)27-18-14-23(15-19-27)26(30)28-16-8-3-9-17-28/h1-2,4-7,10-13,23-24H,3,8-9,14-20H2. The Morgan fingerprint density at radius 1 is 0.733 bits per heavy atom. The van der Waals surface area contributed by atoms with Crippen LogP contribution in [0.15, 0.2) is 60.7 Å². The van der Waals surface area contributed by atoms with Crippen LogP contribution in [0.3, 0.4) is 0 Å². The van der Waals surface area contributed by atoms with Crippen molar-refractivity contribution in [2.45, 2.75) is 44.4 Å². The lowest BCUT2D eigenvalue weighted by Gasteiger charge is -2.36. The van der Waals surface area contributed by atoms with Crippen molar-refractivity contribution in [1.82, 2.24) is 9.80 Å². The molecule has 0 aromatic heterocycles. The maximum absolute atomic E-state index is 13.2. The van der Waals surface area contributed by atoms with Crippen LogP contribution in [0, 0.1) is 5.92 Å². The third-order valence-corrected chi connectivity index (χ3v) is 6.65. The fraction of sp³-hybridized carbons (Fsp3) is 0.462. The fourth-order valence-electron chi connectivity index (χ4n) is 4.85. The summed E-state index contributed by atoms with van der Waals surface area (Å²) in [7, 11) is 0. The molecule has 2 amide bonds. The summed E-state index contributed by atoms with van der Waals surface area (Å²) in [4.78, 5) is 30.0. The maximum atomic E-state index is 13.2. The van der Waals surface area contributed by atoms with Crippen LogP contribution >= 0.6 is 0 Å². The molecule has 0 atom stereocenters. The number of carbonyl (C=O) groups excluding carboxylic acids is 2. The Balaban J connectivity index is 1.37. The van der Waals surface area contributed by atoms with Crippen LogP contribution in [0.25, 0.3) is 0 Å². The second kappa shape index (κ2) is 9.92. The Hall–Kier alpha value is -2.62. The van der Waals surface area contributed by atoms with Gasteiger partial charge in [0, 0.05) is 44.4 Å². The van der Waals surface area contributed by atoms with Gasteiger partial charge in [-0.05, 0) is 43.2 Å². The van der Waals surface area contributed by atoms with Gasteiger partial charge in [0.05, 0.1) is 0 Å². The van der Waals surface area contributed by atoms with Crippen LogP contribution in [0.2, 0.25) is 0 Å². The first-order valence-corrected chi connectivity index (χ1v) is 11.4. The Labute approximate surface area is 179 Å². The van der Waals surface area contributed by atoms with E-state index in [2.05, 4.69) is 24.3 Å². The summed E-state index contributed by atoms with van der Waals surface area (Å²) in [6.07, 6.45) is 5.55. The molecule has 4 heteroatoms. The largest absolute Gasteiger partial charge is 0.343 e. The van der Waals surface area contributed by atoms with Crippen molar-refractivity contribution < 1.29 is 9.59 Å². The minimum atomic E-state index is 0.0626. The fourth-order valence-corrected chi connectivity index (χ4v) is 4.85.